The number of carbonyl (C=O) groups excluding carboxylic acids is 2. The minimum Gasteiger partial charge on any atom is -0.466 e. The van der Waals surface area contributed by atoms with Gasteiger partial charge in [-0.3, -0.25) is 9.59 Å². The summed E-state index contributed by atoms with van der Waals surface area (Å²) in [6, 6.07) is 0. The van der Waals surface area contributed by atoms with E-state index in [1.807, 2.05) is 6.92 Å². The van der Waals surface area contributed by atoms with Crippen LogP contribution in [0, 0.1) is 5.92 Å². The molecule has 0 aliphatic carbocycles. The van der Waals surface area contributed by atoms with Crippen LogP contribution in [0.4, 0.5) is 0 Å². The molecule has 0 aliphatic heterocycles. The van der Waals surface area contributed by atoms with E-state index in [4.69, 9.17) is 14.2 Å². The molecule has 0 fully saturated rings. The zero-order valence-corrected chi connectivity index (χ0v) is 15.1. The summed E-state index contributed by atoms with van der Waals surface area (Å²) in [5, 5.41) is 0. The van der Waals surface area contributed by atoms with E-state index in [9.17, 15) is 9.59 Å². The van der Waals surface area contributed by atoms with Gasteiger partial charge in [-0.15, -0.1) is 0 Å². The summed E-state index contributed by atoms with van der Waals surface area (Å²) in [4.78, 5) is 23.1. The molecule has 136 valence electrons. The van der Waals surface area contributed by atoms with Gasteiger partial charge >= 0.3 is 11.9 Å². The Bertz CT molecular complexity index is 304. The Morgan fingerprint density at radius 2 is 1.48 bits per heavy atom. The lowest BCUT2D eigenvalue weighted by Gasteiger charge is -2.11. The number of unbranched alkanes of at least 4 members (excludes halogenated alkanes) is 5. The summed E-state index contributed by atoms with van der Waals surface area (Å²) in [5.41, 5.74) is 0. The minimum atomic E-state index is -0.342. The van der Waals surface area contributed by atoms with Gasteiger partial charge < -0.3 is 14.2 Å². The Morgan fingerprint density at radius 1 is 0.870 bits per heavy atom. The Labute approximate surface area is 141 Å². The first-order chi connectivity index (χ1) is 11.1. The number of hydrogen-bond donors (Lipinski definition) is 0. The van der Waals surface area contributed by atoms with Crippen LogP contribution in [-0.4, -0.2) is 38.9 Å². The Hall–Kier alpha value is -1.10. The third-order valence-corrected chi connectivity index (χ3v) is 3.64. The molecule has 0 saturated heterocycles. The monoisotopic (exact) mass is 330 g/mol. The van der Waals surface area contributed by atoms with Crippen molar-refractivity contribution in [3.05, 3.63) is 0 Å². The SMILES string of the molecule is CCCCCCCCOC(=O)CCC(=O)OCC(C)CCOC. The van der Waals surface area contributed by atoms with Crippen LogP contribution in [-0.2, 0) is 23.8 Å². The van der Waals surface area contributed by atoms with Gasteiger partial charge in [0.15, 0.2) is 0 Å². The van der Waals surface area contributed by atoms with Crippen LogP contribution in [0.1, 0.15) is 71.6 Å². The van der Waals surface area contributed by atoms with Crippen molar-refractivity contribution in [2.75, 3.05) is 26.9 Å². The van der Waals surface area contributed by atoms with Crippen LogP contribution in [0.2, 0.25) is 0 Å². The molecule has 0 bridgehead atoms. The van der Waals surface area contributed by atoms with E-state index < -0.39 is 0 Å². The van der Waals surface area contributed by atoms with Crippen LogP contribution < -0.4 is 0 Å². The topological polar surface area (TPSA) is 61.8 Å². The van der Waals surface area contributed by atoms with E-state index in [-0.39, 0.29) is 30.7 Å². The van der Waals surface area contributed by atoms with Gasteiger partial charge in [0.2, 0.25) is 0 Å². The fourth-order valence-corrected chi connectivity index (χ4v) is 2.05. The fraction of sp³-hybridized carbons (Fsp3) is 0.889. The first-order valence-corrected chi connectivity index (χ1v) is 8.90. The van der Waals surface area contributed by atoms with Gasteiger partial charge in [0.25, 0.3) is 0 Å². The van der Waals surface area contributed by atoms with Crippen molar-refractivity contribution < 1.29 is 23.8 Å². The molecule has 23 heavy (non-hydrogen) atoms. The third kappa shape index (κ3) is 15.6. The quantitative estimate of drug-likeness (QED) is 0.337. The number of hydrogen-bond acceptors (Lipinski definition) is 5. The molecule has 0 radical (unpaired) electrons. The van der Waals surface area contributed by atoms with E-state index in [0.29, 0.717) is 19.8 Å². The van der Waals surface area contributed by atoms with Crippen LogP contribution in [0.25, 0.3) is 0 Å². The molecule has 0 saturated carbocycles. The zero-order chi connectivity index (χ0) is 17.3. The van der Waals surface area contributed by atoms with Crippen molar-refractivity contribution in [1.82, 2.24) is 0 Å². The lowest BCUT2D eigenvalue weighted by Crippen LogP contribution is -2.15. The number of ether oxygens (including phenoxy) is 3. The second-order valence-electron chi connectivity index (χ2n) is 6.06. The number of carbonyl (C=O) groups is 2. The van der Waals surface area contributed by atoms with Crippen molar-refractivity contribution in [3.63, 3.8) is 0 Å². The second kappa shape index (κ2) is 15.8. The molecular formula is C18H34O5. The molecular weight excluding hydrogens is 296 g/mol. The average molecular weight is 330 g/mol. The highest BCUT2D eigenvalue weighted by Gasteiger charge is 2.11. The first kappa shape index (κ1) is 21.9. The molecule has 0 spiro atoms. The molecule has 0 rings (SSSR count). The summed E-state index contributed by atoms with van der Waals surface area (Å²) in [7, 11) is 1.65. The smallest absolute Gasteiger partial charge is 0.306 e. The van der Waals surface area contributed by atoms with E-state index in [1.165, 1.54) is 25.7 Å². The Morgan fingerprint density at radius 3 is 2.13 bits per heavy atom. The lowest BCUT2D eigenvalue weighted by atomic mass is 10.1. The summed E-state index contributed by atoms with van der Waals surface area (Å²) >= 11 is 0. The Kier molecular flexibility index (Phi) is 15.0. The van der Waals surface area contributed by atoms with Gasteiger partial charge in [0, 0.05) is 13.7 Å². The molecule has 0 aromatic heterocycles. The molecule has 0 N–H and O–H groups in total. The van der Waals surface area contributed by atoms with E-state index in [2.05, 4.69) is 6.92 Å². The summed E-state index contributed by atoms with van der Waals surface area (Å²) < 4.78 is 15.2. The predicted molar refractivity (Wildman–Crippen MR) is 90.2 cm³/mol. The van der Waals surface area contributed by atoms with Crippen LogP contribution >= 0.6 is 0 Å². The van der Waals surface area contributed by atoms with Crippen molar-refractivity contribution in [2.45, 2.75) is 71.6 Å². The largest absolute Gasteiger partial charge is 0.466 e. The van der Waals surface area contributed by atoms with E-state index in [0.717, 1.165) is 19.3 Å². The highest BCUT2D eigenvalue weighted by Crippen LogP contribution is 2.06. The van der Waals surface area contributed by atoms with Crippen LogP contribution in [0.5, 0.6) is 0 Å². The molecule has 5 heteroatoms. The zero-order valence-electron chi connectivity index (χ0n) is 15.1. The normalized spacial score (nSPS) is 12.0. The molecule has 0 aromatic carbocycles. The molecule has 1 unspecified atom stereocenters. The predicted octanol–water partition coefficient (Wildman–Crippen LogP) is 3.89. The molecule has 1 atom stereocenters. The molecule has 0 heterocycles. The van der Waals surface area contributed by atoms with Crippen molar-refractivity contribution >= 4 is 11.9 Å². The Balaban J connectivity index is 3.48. The average Bonchev–Trinajstić information content (AvgIpc) is 2.55. The fourth-order valence-electron chi connectivity index (χ4n) is 2.05. The highest BCUT2D eigenvalue weighted by molar-refractivity contribution is 5.77. The van der Waals surface area contributed by atoms with Crippen molar-refractivity contribution in [3.8, 4) is 0 Å². The maximum absolute atomic E-state index is 11.5. The van der Waals surface area contributed by atoms with Crippen LogP contribution in [0.15, 0.2) is 0 Å². The summed E-state index contributed by atoms with van der Waals surface area (Å²) in [6.07, 6.45) is 7.98. The summed E-state index contributed by atoms with van der Waals surface area (Å²) in [5.74, 6) is -0.396. The number of methoxy groups -OCH3 is 1. The maximum atomic E-state index is 11.5. The van der Waals surface area contributed by atoms with Gasteiger partial charge in [-0.05, 0) is 18.8 Å². The van der Waals surface area contributed by atoms with E-state index >= 15 is 0 Å². The second-order valence-corrected chi connectivity index (χ2v) is 6.06. The molecule has 5 nitrogen and oxygen atoms in total. The van der Waals surface area contributed by atoms with Gasteiger partial charge in [0.05, 0.1) is 26.1 Å². The maximum Gasteiger partial charge on any atom is 0.306 e. The van der Waals surface area contributed by atoms with Crippen molar-refractivity contribution in [2.24, 2.45) is 5.92 Å². The third-order valence-electron chi connectivity index (χ3n) is 3.64. The van der Waals surface area contributed by atoms with Crippen LogP contribution in [0.3, 0.4) is 0 Å². The molecule has 0 aliphatic rings. The van der Waals surface area contributed by atoms with E-state index in [1.54, 1.807) is 7.11 Å². The number of rotatable bonds is 15. The molecule has 0 amide bonds. The van der Waals surface area contributed by atoms with Gasteiger partial charge in [-0.2, -0.15) is 0 Å². The number of esters is 2. The standard InChI is InChI=1S/C18H34O5/c1-4-5-6-7-8-9-13-22-17(19)10-11-18(20)23-15-16(2)12-14-21-3/h16H,4-15H2,1-3H3. The van der Waals surface area contributed by atoms with Gasteiger partial charge in [-0.25, -0.2) is 0 Å². The summed E-state index contributed by atoms with van der Waals surface area (Å²) in [6.45, 7) is 5.67. The highest BCUT2D eigenvalue weighted by atomic mass is 16.5. The van der Waals surface area contributed by atoms with Crippen molar-refractivity contribution in [1.29, 1.82) is 0 Å². The minimum absolute atomic E-state index is 0.0896. The first-order valence-electron chi connectivity index (χ1n) is 8.90. The van der Waals surface area contributed by atoms with Gasteiger partial charge in [-0.1, -0.05) is 46.0 Å². The van der Waals surface area contributed by atoms with Gasteiger partial charge in [0.1, 0.15) is 0 Å². The molecule has 0 aromatic rings. The lowest BCUT2D eigenvalue weighted by molar-refractivity contribution is -0.151.